The molecular weight excluding hydrogens is 255 g/mol. The quantitative estimate of drug-likeness (QED) is 0.896. The summed E-state index contributed by atoms with van der Waals surface area (Å²) in [6, 6.07) is 7.42. The highest BCUT2D eigenvalue weighted by Crippen LogP contribution is 2.30. The zero-order chi connectivity index (χ0) is 12.3. The Labute approximate surface area is 111 Å². The Morgan fingerprint density at radius 2 is 1.88 bits per heavy atom. The van der Waals surface area contributed by atoms with Crippen molar-refractivity contribution in [3.63, 3.8) is 0 Å². The highest BCUT2D eigenvalue weighted by molar-refractivity contribution is 6.39. The summed E-state index contributed by atoms with van der Waals surface area (Å²) in [5, 5.41) is 4.48. The van der Waals surface area contributed by atoms with Crippen molar-refractivity contribution < 1.29 is 0 Å². The van der Waals surface area contributed by atoms with Crippen molar-refractivity contribution >= 4 is 28.9 Å². The average molecular weight is 267 g/mol. The van der Waals surface area contributed by atoms with Gasteiger partial charge in [0.25, 0.3) is 0 Å². The van der Waals surface area contributed by atoms with E-state index in [0.29, 0.717) is 16.6 Å². The van der Waals surface area contributed by atoms with Crippen LogP contribution < -0.4 is 5.32 Å². The van der Waals surface area contributed by atoms with Crippen molar-refractivity contribution in [2.24, 2.45) is 0 Å². The number of nitrogens with zero attached hydrogens (tertiary/aromatic N) is 1. The topological polar surface area (TPSA) is 24.9 Å². The largest absolute Gasteiger partial charge is 0.378 e. The predicted octanol–water partition coefficient (Wildman–Crippen LogP) is 4.31. The first-order valence-corrected chi connectivity index (χ1v) is 6.01. The van der Waals surface area contributed by atoms with E-state index in [1.165, 1.54) is 5.56 Å². The molecular formula is C13H12Cl2N2. The minimum Gasteiger partial charge on any atom is -0.378 e. The normalized spacial score (nSPS) is 10.3. The second-order valence-electron chi connectivity index (χ2n) is 3.75. The molecule has 2 nitrogen and oxygen atoms in total. The molecule has 0 aliphatic heterocycles. The molecule has 0 saturated carbocycles. The number of hydrogen-bond donors (Lipinski definition) is 1. The SMILES string of the molecule is Cc1ccncc1CNc1c(Cl)cccc1Cl. The summed E-state index contributed by atoms with van der Waals surface area (Å²) < 4.78 is 0. The Morgan fingerprint density at radius 1 is 1.18 bits per heavy atom. The third-order valence-electron chi connectivity index (χ3n) is 2.57. The van der Waals surface area contributed by atoms with Gasteiger partial charge in [0.05, 0.1) is 15.7 Å². The first-order valence-electron chi connectivity index (χ1n) is 5.26. The summed E-state index contributed by atoms with van der Waals surface area (Å²) in [6.45, 7) is 2.70. The molecule has 0 aliphatic rings. The molecule has 2 aromatic rings. The van der Waals surface area contributed by atoms with Gasteiger partial charge in [-0.1, -0.05) is 29.3 Å². The van der Waals surface area contributed by atoms with E-state index < -0.39 is 0 Å². The number of pyridine rings is 1. The van der Waals surface area contributed by atoms with Crippen LogP contribution in [0.3, 0.4) is 0 Å². The number of nitrogens with one attached hydrogen (secondary N) is 1. The molecule has 0 atom stereocenters. The van der Waals surface area contributed by atoms with Crippen LogP contribution >= 0.6 is 23.2 Å². The van der Waals surface area contributed by atoms with E-state index in [-0.39, 0.29) is 0 Å². The van der Waals surface area contributed by atoms with E-state index in [1.807, 2.05) is 37.4 Å². The van der Waals surface area contributed by atoms with Crippen LogP contribution in [-0.4, -0.2) is 4.98 Å². The predicted molar refractivity (Wildman–Crippen MR) is 72.8 cm³/mol. The first-order chi connectivity index (χ1) is 8.18. The van der Waals surface area contributed by atoms with Crippen LogP contribution in [0.1, 0.15) is 11.1 Å². The summed E-state index contributed by atoms with van der Waals surface area (Å²) in [6.07, 6.45) is 3.62. The molecule has 0 amide bonds. The van der Waals surface area contributed by atoms with Gasteiger partial charge >= 0.3 is 0 Å². The maximum Gasteiger partial charge on any atom is 0.0721 e. The molecule has 0 unspecified atom stereocenters. The van der Waals surface area contributed by atoms with E-state index in [2.05, 4.69) is 10.3 Å². The summed E-state index contributed by atoms with van der Waals surface area (Å²) >= 11 is 12.1. The lowest BCUT2D eigenvalue weighted by atomic mass is 10.1. The van der Waals surface area contributed by atoms with Crippen molar-refractivity contribution in [2.45, 2.75) is 13.5 Å². The number of aromatic nitrogens is 1. The van der Waals surface area contributed by atoms with Crippen LogP contribution in [0.15, 0.2) is 36.7 Å². The fourth-order valence-electron chi connectivity index (χ4n) is 1.53. The van der Waals surface area contributed by atoms with E-state index in [4.69, 9.17) is 23.2 Å². The van der Waals surface area contributed by atoms with Crippen molar-refractivity contribution in [1.82, 2.24) is 4.98 Å². The summed E-state index contributed by atoms with van der Waals surface area (Å²) in [4.78, 5) is 4.10. The van der Waals surface area contributed by atoms with Crippen LogP contribution in [0.4, 0.5) is 5.69 Å². The van der Waals surface area contributed by atoms with Crippen LogP contribution in [0.5, 0.6) is 0 Å². The lowest BCUT2D eigenvalue weighted by molar-refractivity contribution is 1.08. The van der Waals surface area contributed by atoms with Gasteiger partial charge in [0.2, 0.25) is 0 Å². The number of para-hydroxylation sites is 1. The Bertz CT molecular complexity index is 506. The fraction of sp³-hybridized carbons (Fsp3) is 0.154. The molecule has 0 bridgehead atoms. The number of anilines is 1. The number of hydrogen-bond acceptors (Lipinski definition) is 2. The van der Waals surface area contributed by atoms with E-state index in [0.717, 1.165) is 11.3 Å². The molecule has 0 spiro atoms. The monoisotopic (exact) mass is 266 g/mol. The highest BCUT2D eigenvalue weighted by Gasteiger charge is 2.05. The zero-order valence-corrected chi connectivity index (χ0v) is 10.9. The van der Waals surface area contributed by atoms with Crippen molar-refractivity contribution in [2.75, 3.05) is 5.32 Å². The van der Waals surface area contributed by atoms with Crippen molar-refractivity contribution in [3.05, 3.63) is 57.8 Å². The van der Waals surface area contributed by atoms with Gasteiger partial charge in [-0.3, -0.25) is 4.98 Å². The van der Waals surface area contributed by atoms with Gasteiger partial charge in [0.1, 0.15) is 0 Å². The lowest BCUT2D eigenvalue weighted by Crippen LogP contribution is -2.02. The summed E-state index contributed by atoms with van der Waals surface area (Å²) in [5.74, 6) is 0. The van der Waals surface area contributed by atoms with Gasteiger partial charge in [0, 0.05) is 18.9 Å². The maximum absolute atomic E-state index is 6.07. The molecule has 1 heterocycles. The van der Waals surface area contributed by atoms with E-state index in [1.54, 1.807) is 6.20 Å². The minimum absolute atomic E-state index is 0.624. The Morgan fingerprint density at radius 3 is 2.53 bits per heavy atom. The molecule has 1 aromatic heterocycles. The molecule has 4 heteroatoms. The highest BCUT2D eigenvalue weighted by atomic mass is 35.5. The molecule has 0 fully saturated rings. The number of halogens is 2. The van der Waals surface area contributed by atoms with E-state index in [9.17, 15) is 0 Å². The molecule has 2 rings (SSSR count). The lowest BCUT2D eigenvalue weighted by Gasteiger charge is -2.11. The van der Waals surface area contributed by atoms with Crippen LogP contribution in [0.25, 0.3) is 0 Å². The third-order valence-corrected chi connectivity index (χ3v) is 3.20. The second kappa shape index (κ2) is 5.39. The van der Waals surface area contributed by atoms with Gasteiger partial charge in [0.15, 0.2) is 0 Å². The van der Waals surface area contributed by atoms with Gasteiger partial charge in [-0.25, -0.2) is 0 Å². The molecule has 0 aliphatic carbocycles. The number of benzene rings is 1. The van der Waals surface area contributed by atoms with Crippen molar-refractivity contribution in [3.8, 4) is 0 Å². The molecule has 1 aromatic carbocycles. The molecule has 0 saturated heterocycles. The number of aryl methyl sites for hydroxylation is 1. The number of rotatable bonds is 3. The summed E-state index contributed by atoms with van der Waals surface area (Å²) in [7, 11) is 0. The smallest absolute Gasteiger partial charge is 0.0721 e. The Balaban J connectivity index is 2.16. The van der Waals surface area contributed by atoms with E-state index >= 15 is 0 Å². The fourth-order valence-corrected chi connectivity index (χ4v) is 2.06. The van der Waals surface area contributed by atoms with Crippen molar-refractivity contribution in [1.29, 1.82) is 0 Å². The molecule has 88 valence electrons. The Hall–Kier alpha value is -1.25. The van der Waals surface area contributed by atoms with Crippen LogP contribution in [0, 0.1) is 6.92 Å². The van der Waals surface area contributed by atoms with Gasteiger partial charge in [-0.2, -0.15) is 0 Å². The maximum atomic E-state index is 6.07. The molecule has 1 N–H and O–H groups in total. The van der Waals surface area contributed by atoms with Gasteiger partial charge in [-0.05, 0) is 36.2 Å². The molecule has 17 heavy (non-hydrogen) atoms. The van der Waals surface area contributed by atoms with Gasteiger partial charge < -0.3 is 5.32 Å². The first kappa shape index (κ1) is 12.2. The zero-order valence-electron chi connectivity index (χ0n) is 9.37. The summed E-state index contributed by atoms with van der Waals surface area (Å²) in [5.41, 5.74) is 3.08. The molecule has 0 radical (unpaired) electrons. The van der Waals surface area contributed by atoms with Gasteiger partial charge in [-0.15, -0.1) is 0 Å². The second-order valence-corrected chi connectivity index (χ2v) is 4.57. The average Bonchev–Trinajstić information content (AvgIpc) is 2.30. The van der Waals surface area contributed by atoms with Crippen LogP contribution in [-0.2, 0) is 6.54 Å². The van der Waals surface area contributed by atoms with Crippen LogP contribution in [0.2, 0.25) is 10.0 Å². The third kappa shape index (κ3) is 2.90. The minimum atomic E-state index is 0.624. The standard InChI is InChI=1S/C13H12Cl2N2/c1-9-5-6-16-7-10(9)8-17-13-11(14)3-2-4-12(13)15/h2-7,17H,8H2,1H3. The Kier molecular flexibility index (Phi) is 3.87.